The highest BCUT2D eigenvalue weighted by atomic mass is 32.1. The average molecular weight is 425 g/mol. The summed E-state index contributed by atoms with van der Waals surface area (Å²) in [6.07, 6.45) is 0. The number of carbonyl (C=O) groups excluding carboxylic acids is 2. The van der Waals surface area contributed by atoms with Crippen LogP contribution >= 0.6 is 11.3 Å². The minimum absolute atomic E-state index is 0.0338. The zero-order chi connectivity index (χ0) is 21.5. The van der Waals surface area contributed by atoms with Crippen LogP contribution in [0.25, 0.3) is 10.4 Å². The zero-order valence-corrected chi connectivity index (χ0v) is 18.0. The molecule has 1 aromatic heterocycles. The summed E-state index contributed by atoms with van der Waals surface area (Å²) in [6, 6.07) is 18.7. The number of nitrogens with one attached hydrogen (secondary N) is 1. The molecule has 1 N–H and O–H groups in total. The number of likely N-dealkylation sites (N-methyl/N-ethyl adjacent to an activating group) is 1. The molecule has 2 aromatic carbocycles. The molecule has 0 aliphatic heterocycles. The Labute approximate surface area is 180 Å². The summed E-state index contributed by atoms with van der Waals surface area (Å²) in [6.45, 7) is 2.33. The Balaban J connectivity index is 1.71. The van der Waals surface area contributed by atoms with Crippen molar-refractivity contribution in [3.8, 4) is 21.9 Å². The van der Waals surface area contributed by atoms with Gasteiger partial charge >= 0.3 is 0 Å². The van der Waals surface area contributed by atoms with Crippen molar-refractivity contribution in [3.05, 3.63) is 65.5 Å². The third kappa shape index (κ3) is 5.39. The van der Waals surface area contributed by atoms with Crippen molar-refractivity contribution >= 4 is 28.8 Å². The van der Waals surface area contributed by atoms with Crippen LogP contribution in [0.3, 0.4) is 0 Å². The number of anilines is 1. The Morgan fingerprint density at radius 2 is 1.70 bits per heavy atom. The van der Waals surface area contributed by atoms with E-state index in [1.807, 2.05) is 43.3 Å². The fourth-order valence-corrected chi connectivity index (χ4v) is 3.64. The second-order valence-corrected chi connectivity index (χ2v) is 7.71. The summed E-state index contributed by atoms with van der Waals surface area (Å²) < 4.78 is 11.1. The lowest BCUT2D eigenvalue weighted by Gasteiger charge is -2.12. The molecule has 0 bridgehead atoms. The summed E-state index contributed by atoms with van der Waals surface area (Å²) in [5, 5.41) is 2.89. The SMILES string of the molecule is CCOc1cc(-c2ccccc2)sc1C(=O)Nc1ccc(OCC(=O)N(C)C)cc1. The predicted octanol–water partition coefficient (Wildman–Crippen LogP) is 4.53. The maximum atomic E-state index is 12.9. The zero-order valence-electron chi connectivity index (χ0n) is 17.2. The maximum absolute atomic E-state index is 12.9. The molecule has 0 aliphatic rings. The maximum Gasteiger partial charge on any atom is 0.269 e. The van der Waals surface area contributed by atoms with E-state index in [2.05, 4.69) is 5.32 Å². The van der Waals surface area contributed by atoms with E-state index in [0.717, 1.165) is 10.4 Å². The molecule has 6 nitrogen and oxygen atoms in total. The molecule has 0 saturated heterocycles. The van der Waals surface area contributed by atoms with Gasteiger partial charge in [-0.25, -0.2) is 0 Å². The van der Waals surface area contributed by atoms with Gasteiger partial charge in [0, 0.05) is 24.7 Å². The minimum Gasteiger partial charge on any atom is -0.492 e. The van der Waals surface area contributed by atoms with E-state index in [-0.39, 0.29) is 18.4 Å². The number of ether oxygens (including phenoxy) is 2. The monoisotopic (exact) mass is 424 g/mol. The number of rotatable bonds is 8. The third-order valence-corrected chi connectivity index (χ3v) is 5.40. The van der Waals surface area contributed by atoms with Gasteiger partial charge in [-0.15, -0.1) is 11.3 Å². The van der Waals surface area contributed by atoms with Gasteiger partial charge in [0.15, 0.2) is 6.61 Å². The molecule has 0 spiro atoms. The van der Waals surface area contributed by atoms with Crippen molar-refractivity contribution in [1.82, 2.24) is 4.90 Å². The molecule has 0 atom stereocenters. The Morgan fingerprint density at radius 3 is 2.33 bits per heavy atom. The first-order valence-electron chi connectivity index (χ1n) is 9.54. The highest BCUT2D eigenvalue weighted by molar-refractivity contribution is 7.17. The molecule has 156 valence electrons. The van der Waals surface area contributed by atoms with Crippen molar-refractivity contribution in [1.29, 1.82) is 0 Å². The molecule has 2 amide bonds. The van der Waals surface area contributed by atoms with Crippen LogP contribution in [-0.4, -0.2) is 44.0 Å². The van der Waals surface area contributed by atoms with Gasteiger partial charge in [-0.1, -0.05) is 30.3 Å². The standard InChI is InChI=1S/C23H24N2O4S/c1-4-28-19-14-20(16-8-6-5-7-9-16)30-22(19)23(27)24-17-10-12-18(13-11-17)29-15-21(26)25(2)3/h5-14H,4,15H2,1-3H3,(H,24,27). The van der Waals surface area contributed by atoms with Crippen LogP contribution in [0.4, 0.5) is 5.69 Å². The normalized spacial score (nSPS) is 10.4. The highest BCUT2D eigenvalue weighted by Crippen LogP contribution is 2.36. The van der Waals surface area contributed by atoms with Crippen molar-refractivity contribution < 1.29 is 19.1 Å². The Kier molecular flexibility index (Phi) is 7.08. The van der Waals surface area contributed by atoms with E-state index in [4.69, 9.17) is 9.47 Å². The second-order valence-electron chi connectivity index (χ2n) is 6.66. The Hall–Kier alpha value is -3.32. The number of nitrogens with zero attached hydrogens (tertiary/aromatic N) is 1. The fourth-order valence-electron chi connectivity index (χ4n) is 2.64. The van der Waals surface area contributed by atoms with Gasteiger partial charge in [0.1, 0.15) is 16.4 Å². The quantitative estimate of drug-likeness (QED) is 0.577. The van der Waals surface area contributed by atoms with Gasteiger partial charge in [-0.3, -0.25) is 9.59 Å². The Morgan fingerprint density at radius 1 is 1.00 bits per heavy atom. The first kappa shape index (κ1) is 21.4. The van der Waals surface area contributed by atoms with E-state index in [1.165, 1.54) is 16.2 Å². The number of thiophene rings is 1. The van der Waals surface area contributed by atoms with E-state index in [9.17, 15) is 9.59 Å². The summed E-state index contributed by atoms with van der Waals surface area (Å²) in [5.41, 5.74) is 1.67. The topological polar surface area (TPSA) is 67.9 Å². The van der Waals surface area contributed by atoms with Gasteiger partial charge < -0.3 is 19.7 Å². The van der Waals surface area contributed by atoms with Crippen molar-refractivity contribution in [3.63, 3.8) is 0 Å². The smallest absolute Gasteiger partial charge is 0.269 e. The number of hydrogen-bond acceptors (Lipinski definition) is 5. The molecular weight excluding hydrogens is 400 g/mol. The van der Waals surface area contributed by atoms with Crippen LogP contribution in [0.15, 0.2) is 60.7 Å². The second kappa shape index (κ2) is 9.93. The summed E-state index contributed by atoms with van der Waals surface area (Å²) in [4.78, 5) is 27.4. The molecular formula is C23H24N2O4S. The number of amides is 2. The van der Waals surface area contributed by atoms with Crippen LogP contribution in [0.5, 0.6) is 11.5 Å². The number of hydrogen-bond donors (Lipinski definition) is 1. The summed E-state index contributed by atoms with van der Waals surface area (Å²) >= 11 is 1.39. The van der Waals surface area contributed by atoms with Gasteiger partial charge in [0.2, 0.25) is 0 Å². The molecule has 0 fully saturated rings. The lowest BCUT2D eigenvalue weighted by molar-refractivity contribution is -0.130. The molecule has 1 heterocycles. The lowest BCUT2D eigenvalue weighted by atomic mass is 10.2. The first-order chi connectivity index (χ1) is 14.5. The van der Waals surface area contributed by atoms with Gasteiger partial charge in [-0.05, 0) is 42.8 Å². The van der Waals surface area contributed by atoms with Crippen molar-refractivity contribution in [2.45, 2.75) is 6.92 Å². The lowest BCUT2D eigenvalue weighted by Crippen LogP contribution is -2.27. The molecule has 0 aliphatic carbocycles. The highest BCUT2D eigenvalue weighted by Gasteiger charge is 2.18. The minimum atomic E-state index is -0.234. The molecule has 0 radical (unpaired) electrons. The van der Waals surface area contributed by atoms with E-state index >= 15 is 0 Å². The van der Waals surface area contributed by atoms with Crippen LogP contribution in [0.2, 0.25) is 0 Å². The average Bonchev–Trinajstić information content (AvgIpc) is 3.18. The first-order valence-corrected chi connectivity index (χ1v) is 10.4. The predicted molar refractivity (Wildman–Crippen MR) is 120 cm³/mol. The third-order valence-electron chi connectivity index (χ3n) is 4.24. The number of carbonyl (C=O) groups is 2. The molecule has 7 heteroatoms. The van der Waals surface area contributed by atoms with E-state index in [1.54, 1.807) is 38.4 Å². The molecule has 0 unspecified atom stereocenters. The van der Waals surface area contributed by atoms with Gasteiger partial charge in [0.05, 0.1) is 6.61 Å². The summed E-state index contributed by atoms with van der Waals surface area (Å²) in [5.74, 6) is 0.770. The van der Waals surface area contributed by atoms with Crippen LogP contribution < -0.4 is 14.8 Å². The summed E-state index contributed by atoms with van der Waals surface area (Å²) in [7, 11) is 3.35. The van der Waals surface area contributed by atoms with Crippen molar-refractivity contribution in [2.75, 3.05) is 32.6 Å². The Bertz CT molecular complexity index is 998. The molecule has 0 saturated carbocycles. The largest absolute Gasteiger partial charge is 0.492 e. The van der Waals surface area contributed by atoms with Crippen LogP contribution in [0, 0.1) is 0 Å². The fraction of sp³-hybridized carbons (Fsp3) is 0.217. The van der Waals surface area contributed by atoms with Gasteiger partial charge in [-0.2, -0.15) is 0 Å². The van der Waals surface area contributed by atoms with Crippen LogP contribution in [-0.2, 0) is 4.79 Å². The van der Waals surface area contributed by atoms with Crippen LogP contribution in [0.1, 0.15) is 16.6 Å². The van der Waals surface area contributed by atoms with E-state index in [0.29, 0.717) is 28.7 Å². The molecule has 3 aromatic rings. The van der Waals surface area contributed by atoms with Gasteiger partial charge in [0.25, 0.3) is 11.8 Å². The van der Waals surface area contributed by atoms with Crippen molar-refractivity contribution in [2.24, 2.45) is 0 Å². The molecule has 3 rings (SSSR count). The molecule has 30 heavy (non-hydrogen) atoms. The number of benzene rings is 2. The van der Waals surface area contributed by atoms with E-state index < -0.39 is 0 Å².